The molecule has 0 unspecified atom stereocenters. The van der Waals surface area contributed by atoms with Gasteiger partial charge in [-0.05, 0) is 12.1 Å². The van der Waals surface area contributed by atoms with Crippen LogP contribution in [0.15, 0.2) is 18.3 Å². The molecule has 0 bridgehead atoms. The quantitative estimate of drug-likeness (QED) is 0.688. The van der Waals surface area contributed by atoms with Crippen LogP contribution in [0.2, 0.25) is 0 Å². The van der Waals surface area contributed by atoms with E-state index in [2.05, 4.69) is 4.98 Å². The molecule has 0 aromatic carbocycles. The Balaban J connectivity index is 2.20. The number of pyridine rings is 1. The van der Waals surface area contributed by atoms with Crippen LogP contribution in [0, 0.1) is 0 Å². The van der Waals surface area contributed by atoms with Crippen LogP contribution < -0.4 is 4.74 Å². The second-order valence-corrected chi connectivity index (χ2v) is 2.79. The van der Waals surface area contributed by atoms with E-state index in [-0.39, 0.29) is 13.2 Å². The van der Waals surface area contributed by atoms with Crippen LogP contribution in [0.1, 0.15) is 5.69 Å². The molecule has 0 aliphatic carbocycles. The fraction of sp³-hybridized carbons (Fsp3) is 0.500. The number of alkyl halides is 1. The number of aromatic nitrogens is 1. The van der Waals surface area contributed by atoms with E-state index in [0.717, 1.165) is 0 Å². The molecule has 1 aromatic heterocycles. The fourth-order valence-corrected chi connectivity index (χ4v) is 0.965. The zero-order valence-electron chi connectivity index (χ0n) is 8.36. The number of hydrogen-bond acceptors (Lipinski definition) is 4. The lowest BCUT2D eigenvalue weighted by molar-refractivity contribution is 0.0896. The number of hydrogen-bond donors (Lipinski definition) is 1. The molecule has 0 saturated heterocycles. The topological polar surface area (TPSA) is 51.6 Å². The van der Waals surface area contributed by atoms with Gasteiger partial charge in [-0.3, -0.25) is 4.98 Å². The van der Waals surface area contributed by atoms with Crippen LogP contribution in [0.25, 0.3) is 0 Å². The molecule has 5 heteroatoms. The summed E-state index contributed by atoms with van der Waals surface area (Å²) in [6.07, 6.45) is 1.53. The Morgan fingerprint density at radius 3 is 2.73 bits per heavy atom. The SMILES string of the molecule is OCc1ccc(OCCOCCF)cn1. The Morgan fingerprint density at radius 1 is 1.27 bits per heavy atom. The zero-order chi connectivity index (χ0) is 10.9. The van der Waals surface area contributed by atoms with Crippen molar-refractivity contribution in [3.8, 4) is 5.75 Å². The molecule has 4 nitrogen and oxygen atoms in total. The summed E-state index contributed by atoms with van der Waals surface area (Å²) in [6.45, 7) is 0.253. The minimum Gasteiger partial charge on any atom is -0.490 e. The van der Waals surface area contributed by atoms with Gasteiger partial charge in [0, 0.05) is 0 Å². The summed E-state index contributed by atoms with van der Waals surface area (Å²) in [7, 11) is 0. The van der Waals surface area contributed by atoms with Crippen LogP contribution in [0.4, 0.5) is 4.39 Å². The standard InChI is InChI=1S/C10H14FNO3/c11-3-4-14-5-6-15-10-2-1-9(8-13)12-7-10/h1-2,7,13H,3-6,8H2. The van der Waals surface area contributed by atoms with Gasteiger partial charge in [-0.15, -0.1) is 0 Å². The monoisotopic (exact) mass is 215 g/mol. The van der Waals surface area contributed by atoms with Gasteiger partial charge in [-0.2, -0.15) is 0 Å². The first kappa shape index (κ1) is 11.9. The average molecular weight is 215 g/mol. The van der Waals surface area contributed by atoms with Crippen LogP contribution >= 0.6 is 0 Å². The molecule has 0 aliphatic heterocycles. The van der Waals surface area contributed by atoms with E-state index in [1.54, 1.807) is 12.1 Å². The third-order valence-corrected chi connectivity index (χ3v) is 1.68. The summed E-state index contributed by atoms with van der Waals surface area (Å²) in [4.78, 5) is 3.94. The summed E-state index contributed by atoms with van der Waals surface area (Å²) in [5.74, 6) is 0.607. The van der Waals surface area contributed by atoms with E-state index in [1.165, 1.54) is 6.20 Å². The lowest BCUT2D eigenvalue weighted by Crippen LogP contribution is -2.08. The average Bonchev–Trinajstić information content (AvgIpc) is 2.30. The Bertz CT molecular complexity index is 266. The summed E-state index contributed by atoms with van der Waals surface area (Å²) < 4.78 is 21.8. The molecule has 0 fully saturated rings. The highest BCUT2D eigenvalue weighted by Gasteiger charge is 1.95. The molecule has 0 saturated carbocycles. The molecule has 15 heavy (non-hydrogen) atoms. The zero-order valence-corrected chi connectivity index (χ0v) is 8.36. The van der Waals surface area contributed by atoms with Crippen molar-refractivity contribution in [2.45, 2.75) is 6.61 Å². The molecular formula is C10H14FNO3. The molecule has 0 amide bonds. The number of nitrogens with zero attached hydrogens (tertiary/aromatic N) is 1. The Kier molecular flexibility index (Phi) is 5.65. The van der Waals surface area contributed by atoms with E-state index in [1.807, 2.05) is 0 Å². The second kappa shape index (κ2) is 7.14. The van der Waals surface area contributed by atoms with Gasteiger partial charge in [0.25, 0.3) is 0 Å². The number of rotatable bonds is 7. The number of aliphatic hydroxyl groups is 1. The van der Waals surface area contributed by atoms with Crippen molar-refractivity contribution in [3.63, 3.8) is 0 Å². The van der Waals surface area contributed by atoms with Crippen LogP contribution in [0.3, 0.4) is 0 Å². The smallest absolute Gasteiger partial charge is 0.137 e. The number of ether oxygens (including phenoxy) is 2. The predicted molar refractivity (Wildman–Crippen MR) is 52.4 cm³/mol. The van der Waals surface area contributed by atoms with Gasteiger partial charge in [0.15, 0.2) is 0 Å². The van der Waals surface area contributed by atoms with Crippen LogP contribution in [-0.2, 0) is 11.3 Å². The van der Waals surface area contributed by atoms with Gasteiger partial charge in [-0.25, -0.2) is 4.39 Å². The van der Waals surface area contributed by atoms with Crippen molar-refractivity contribution < 1.29 is 19.0 Å². The highest BCUT2D eigenvalue weighted by atomic mass is 19.1. The molecule has 1 N–H and O–H groups in total. The minimum absolute atomic E-state index is 0.0834. The van der Waals surface area contributed by atoms with Crippen molar-refractivity contribution in [1.82, 2.24) is 4.98 Å². The first-order valence-corrected chi connectivity index (χ1v) is 4.69. The van der Waals surface area contributed by atoms with E-state index < -0.39 is 6.67 Å². The van der Waals surface area contributed by atoms with Crippen molar-refractivity contribution in [2.75, 3.05) is 26.5 Å². The largest absolute Gasteiger partial charge is 0.490 e. The molecule has 1 aromatic rings. The Labute approximate surface area is 87.7 Å². The van der Waals surface area contributed by atoms with Gasteiger partial charge in [0.1, 0.15) is 19.0 Å². The molecule has 0 spiro atoms. The summed E-state index contributed by atoms with van der Waals surface area (Å²) in [5, 5.41) is 8.74. The van der Waals surface area contributed by atoms with E-state index in [9.17, 15) is 4.39 Å². The van der Waals surface area contributed by atoms with E-state index in [0.29, 0.717) is 24.7 Å². The maximum atomic E-state index is 11.6. The van der Waals surface area contributed by atoms with Gasteiger partial charge in [-0.1, -0.05) is 0 Å². The van der Waals surface area contributed by atoms with Crippen molar-refractivity contribution in [3.05, 3.63) is 24.0 Å². The molecule has 0 radical (unpaired) electrons. The van der Waals surface area contributed by atoms with Gasteiger partial charge in [0.2, 0.25) is 0 Å². The molecule has 0 aliphatic rings. The van der Waals surface area contributed by atoms with Gasteiger partial charge >= 0.3 is 0 Å². The van der Waals surface area contributed by atoms with E-state index in [4.69, 9.17) is 14.6 Å². The second-order valence-electron chi connectivity index (χ2n) is 2.79. The maximum absolute atomic E-state index is 11.6. The highest BCUT2D eigenvalue weighted by molar-refractivity contribution is 5.19. The first-order chi connectivity index (χ1) is 7.36. The fourth-order valence-electron chi connectivity index (χ4n) is 0.965. The third-order valence-electron chi connectivity index (χ3n) is 1.68. The molecule has 0 atom stereocenters. The molecule has 84 valence electrons. The molecule has 1 heterocycles. The summed E-state index contributed by atoms with van der Waals surface area (Å²) >= 11 is 0. The Hall–Kier alpha value is -1.20. The summed E-state index contributed by atoms with van der Waals surface area (Å²) in [5.41, 5.74) is 0.594. The normalized spacial score (nSPS) is 10.3. The van der Waals surface area contributed by atoms with Crippen LogP contribution in [-0.4, -0.2) is 36.6 Å². The Morgan fingerprint density at radius 2 is 2.13 bits per heavy atom. The van der Waals surface area contributed by atoms with Crippen molar-refractivity contribution >= 4 is 0 Å². The van der Waals surface area contributed by atoms with E-state index >= 15 is 0 Å². The van der Waals surface area contributed by atoms with Gasteiger partial charge < -0.3 is 14.6 Å². The van der Waals surface area contributed by atoms with Crippen molar-refractivity contribution in [1.29, 1.82) is 0 Å². The summed E-state index contributed by atoms with van der Waals surface area (Å²) in [6, 6.07) is 3.39. The van der Waals surface area contributed by atoms with Crippen molar-refractivity contribution in [2.24, 2.45) is 0 Å². The number of aliphatic hydroxyl groups excluding tert-OH is 1. The van der Waals surface area contributed by atoms with Gasteiger partial charge in [0.05, 0.1) is 31.7 Å². The third kappa shape index (κ3) is 4.71. The predicted octanol–water partition coefficient (Wildman–Crippen LogP) is 0.939. The highest BCUT2D eigenvalue weighted by Crippen LogP contribution is 2.08. The number of halogens is 1. The maximum Gasteiger partial charge on any atom is 0.137 e. The molecule has 1 rings (SSSR count). The first-order valence-electron chi connectivity index (χ1n) is 4.69. The van der Waals surface area contributed by atoms with Crippen LogP contribution in [0.5, 0.6) is 5.75 Å². The lowest BCUT2D eigenvalue weighted by Gasteiger charge is -2.06. The minimum atomic E-state index is -0.479. The molecular weight excluding hydrogens is 201 g/mol. The lowest BCUT2D eigenvalue weighted by atomic mass is 10.3.